The van der Waals surface area contributed by atoms with E-state index in [0.29, 0.717) is 44.0 Å². The summed E-state index contributed by atoms with van der Waals surface area (Å²) in [6.07, 6.45) is 3.44. The summed E-state index contributed by atoms with van der Waals surface area (Å²) >= 11 is 0. The lowest BCUT2D eigenvalue weighted by molar-refractivity contribution is -0.176. The van der Waals surface area contributed by atoms with E-state index < -0.39 is 5.72 Å². The highest BCUT2D eigenvalue weighted by atomic mass is 16.5. The summed E-state index contributed by atoms with van der Waals surface area (Å²) < 4.78 is 11.8. The normalized spacial score (nSPS) is 37.5. The fourth-order valence-corrected chi connectivity index (χ4v) is 5.64. The van der Waals surface area contributed by atoms with Crippen molar-refractivity contribution in [2.75, 3.05) is 26.3 Å². The van der Waals surface area contributed by atoms with Gasteiger partial charge in [-0.05, 0) is 36.8 Å². The number of rotatable bonds is 1. The molecule has 5 aliphatic rings. The molecule has 1 spiro atoms. The Morgan fingerprint density at radius 2 is 2.04 bits per heavy atom. The Morgan fingerprint density at radius 1 is 1.26 bits per heavy atom. The highest BCUT2D eigenvalue weighted by molar-refractivity contribution is 5.98. The van der Waals surface area contributed by atoms with Crippen molar-refractivity contribution < 1.29 is 19.1 Å². The maximum atomic E-state index is 13.2. The zero-order chi connectivity index (χ0) is 18.6. The third-order valence-corrected chi connectivity index (χ3v) is 7.12. The Kier molecular flexibility index (Phi) is 3.76. The molecule has 0 aromatic heterocycles. The van der Waals surface area contributed by atoms with Gasteiger partial charge in [-0.3, -0.25) is 9.59 Å². The third-order valence-electron chi connectivity index (χ3n) is 7.12. The van der Waals surface area contributed by atoms with Gasteiger partial charge in [0.25, 0.3) is 5.91 Å². The van der Waals surface area contributed by atoms with E-state index in [4.69, 9.17) is 9.47 Å². The largest absolute Gasteiger partial charge is 0.467 e. The van der Waals surface area contributed by atoms with E-state index in [1.807, 2.05) is 23.1 Å². The number of para-hydroxylation sites is 1. The van der Waals surface area contributed by atoms with Gasteiger partial charge in [0.2, 0.25) is 5.91 Å². The summed E-state index contributed by atoms with van der Waals surface area (Å²) in [4.78, 5) is 27.9. The number of amides is 2. The Labute approximate surface area is 159 Å². The summed E-state index contributed by atoms with van der Waals surface area (Å²) in [6.45, 7) is 4.81. The van der Waals surface area contributed by atoms with Gasteiger partial charge in [0, 0.05) is 31.3 Å². The number of carbonyl (C=O) groups excluding carboxylic acids is 2. The fraction of sp³-hybridized carbons (Fsp3) is 0.619. The quantitative estimate of drug-likeness (QED) is 0.823. The Morgan fingerprint density at radius 3 is 2.81 bits per heavy atom. The summed E-state index contributed by atoms with van der Waals surface area (Å²) in [5.41, 5.74) is -0.250. The van der Waals surface area contributed by atoms with Crippen LogP contribution in [0.3, 0.4) is 0 Å². The van der Waals surface area contributed by atoms with Crippen LogP contribution in [0.2, 0.25) is 0 Å². The summed E-state index contributed by atoms with van der Waals surface area (Å²) in [6, 6.07) is 7.42. The molecule has 2 aliphatic heterocycles. The second kappa shape index (κ2) is 5.96. The fourth-order valence-electron chi connectivity index (χ4n) is 5.64. The number of hydrogen-bond donors (Lipinski definition) is 1. The Bertz CT molecular complexity index is 790. The van der Waals surface area contributed by atoms with E-state index in [9.17, 15) is 9.59 Å². The first-order valence-electron chi connectivity index (χ1n) is 9.98. The molecule has 6 rings (SSSR count). The lowest BCUT2D eigenvalue weighted by atomic mass is 9.52. The molecule has 1 aromatic rings. The number of nitrogens with zero attached hydrogens (tertiary/aromatic N) is 1. The highest BCUT2D eigenvalue weighted by Gasteiger charge is 2.62. The van der Waals surface area contributed by atoms with Gasteiger partial charge in [0.15, 0.2) is 5.72 Å². The van der Waals surface area contributed by atoms with Crippen LogP contribution in [0.4, 0.5) is 0 Å². The maximum absolute atomic E-state index is 13.2. The van der Waals surface area contributed by atoms with Crippen LogP contribution in [0.15, 0.2) is 24.3 Å². The van der Waals surface area contributed by atoms with Gasteiger partial charge in [-0.15, -0.1) is 0 Å². The van der Waals surface area contributed by atoms with E-state index in [1.165, 1.54) is 0 Å². The van der Waals surface area contributed by atoms with E-state index in [0.717, 1.165) is 19.3 Å². The van der Waals surface area contributed by atoms with Gasteiger partial charge >= 0.3 is 0 Å². The molecular formula is C21H26N2O4. The SMILES string of the molecule is CC12CCC(CC1C(=O)N1CCOCC1)C1(C2)NC(=O)c2ccccc2O1. The van der Waals surface area contributed by atoms with Crippen molar-refractivity contribution in [3.63, 3.8) is 0 Å². The molecule has 0 radical (unpaired) electrons. The molecule has 27 heavy (non-hydrogen) atoms. The number of morpholine rings is 1. The second-order valence-electron chi connectivity index (χ2n) is 8.73. The highest BCUT2D eigenvalue weighted by Crippen LogP contribution is 2.59. The second-order valence-corrected chi connectivity index (χ2v) is 8.73. The van der Waals surface area contributed by atoms with Crippen molar-refractivity contribution in [3.05, 3.63) is 29.8 Å². The minimum Gasteiger partial charge on any atom is -0.467 e. The summed E-state index contributed by atoms with van der Waals surface area (Å²) in [7, 11) is 0. The van der Waals surface area contributed by atoms with Crippen LogP contribution in [0.1, 0.15) is 43.0 Å². The average molecular weight is 370 g/mol. The van der Waals surface area contributed by atoms with Crippen LogP contribution in [-0.2, 0) is 9.53 Å². The van der Waals surface area contributed by atoms with Crippen LogP contribution in [0, 0.1) is 17.3 Å². The van der Waals surface area contributed by atoms with Crippen LogP contribution in [0.5, 0.6) is 5.75 Å². The first kappa shape index (κ1) is 17.0. The zero-order valence-electron chi connectivity index (χ0n) is 15.7. The molecule has 1 saturated heterocycles. The third kappa shape index (κ3) is 2.57. The first-order chi connectivity index (χ1) is 13.0. The van der Waals surface area contributed by atoms with Crippen LogP contribution in [0.25, 0.3) is 0 Å². The van der Waals surface area contributed by atoms with Crippen LogP contribution < -0.4 is 10.1 Å². The number of hydrogen-bond acceptors (Lipinski definition) is 4. The summed E-state index contributed by atoms with van der Waals surface area (Å²) in [5, 5.41) is 3.18. The molecule has 6 nitrogen and oxygen atoms in total. The molecule has 1 N–H and O–H groups in total. The molecule has 6 heteroatoms. The van der Waals surface area contributed by atoms with Crippen molar-refractivity contribution in [2.45, 2.75) is 38.3 Å². The van der Waals surface area contributed by atoms with Gasteiger partial charge in [-0.1, -0.05) is 19.1 Å². The number of ether oxygens (including phenoxy) is 2. The average Bonchev–Trinajstić information content (AvgIpc) is 2.68. The zero-order valence-corrected chi connectivity index (χ0v) is 15.7. The lowest BCUT2D eigenvalue weighted by Gasteiger charge is -2.60. The first-order valence-corrected chi connectivity index (χ1v) is 9.98. The molecule has 2 heterocycles. The molecular weight excluding hydrogens is 344 g/mol. The topological polar surface area (TPSA) is 67.9 Å². The van der Waals surface area contributed by atoms with Gasteiger partial charge in [0.1, 0.15) is 5.75 Å². The monoisotopic (exact) mass is 370 g/mol. The minimum atomic E-state index is -0.680. The Hall–Kier alpha value is -2.08. The standard InChI is InChI=1S/C21H26N2O4/c1-20-7-6-14(12-16(20)19(25)23-8-10-26-11-9-23)21(13-20)22-18(24)15-4-2-3-5-17(15)27-21/h2-5,14,16H,6-13H2,1H3,(H,22,24). The number of nitrogens with one attached hydrogen (secondary N) is 1. The maximum Gasteiger partial charge on any atom is 0.258 e. The molecule has 144 valence electrons. The smallest absolute Gasteiger partial charge is 0.258 e. The molecule has 4 unspecified atom stereocenters. The van der Waals surface area contributed by atoms with Crippen molar-refractivity contribution >= 4 is 11.8 Å². The van der Waals surface area contributed by atoms with Crippen LogP contribution in [-0.4, -0.2) is 48.7 Å². The van der Waals surface area contributed by atoms with Gasteiger partial charge in [-0.2, -0.15) is 0 Å². The number of benzene rings is 1. The predicted octanol–water partition coefficient (Wildman–Crippen LogP) is 2.19. The van der Waals surface area contributed by atoms with Crippen molar-refractivity contribution in [1.29, 1.82) is 0 Å². The van der Waals surface area contributed by atoms with Gasteiger partial charge in [0.05, 0.1) is 18.8 Å². The minimum absolute atomic E-state index is 0.00218. The van der Waals surface area contributed by atoms with E-state index in [2.05, 4.69) is 12.2 Å². The molecule has 4 atom stereocenters. The summed E-state index contributed by atoms with van der Waals surface area (Å²) in [5.74, 6) is 1.00. The van der Waals surface area contributed by atoms with E-state index >= 15 is 0 Å². The van der Waals surface area contributed by atoms with Crippen LogP contribution >= 0.6 is 0 Å². The van der Waals surface area contributed by atoms with Gasteiger partial charge < -0.3 is 19.7 Å². The van der Waals surface area contributed by atoms with Gasteiger partial charge in [-0.25, -0.2) is 0 Å². The lowest BCUT2D eigenvalue weighted by Crippen LogP contribution is -2.69. The molecule has 2 bridgehead atoms. The molecule has 3 saturated carbocycles. The van der Waals surface area contributed by atoms with E-state index in [1.54, 1.807) is 6.07 Å². The van der Waals surface area contributed by atoms with Crippen molar-refractivity contribution in [1.82, 2.24) is 10.2 Å². The molecule has 1 aromatic carbocycles. The molecule has 3 aliphatic carbocycles. The number of fused-ring (bicyclic) bond motifs is 3. The molecule has 4 fully saturated rings. The van der Waals surface area contributed by atoms with E-state index in [-0.39, 0.29) is 29.1 Å². The number of carbonyl (C=O) groups is 2. The Balaban J connectivity index is 1.43. The van der Waals surface area contributed by atoms with Crippen molar-refractivity contribution in [3.8, 4) is 5.75 Å². The van der Waals surface area contributed by atoms with Crippen molar-refractivity contribution in [2.24, 2.45) is 17.3 Å². The molecule has 2 amide bonds. The predicted molar refractivity (Wildman–Crippen MR) is 98.2 cm³/mol.